The van der Waals surface area contributed by atoms with E-state index in [1.165, 1.54) is 12.1 Å². The minimum absolute atomic E-state index is 0.00908. The van der Waals surface area contributed by atoms with Gasteiger partial charge in [-0.3, -0.25) is 0 Å². The van der Waals surface area contributed by atoms with Gasteiger partial charge in [0.2, 0.25) is 5.95 Å². The molecule has 0 aliphatic rings. The molecule has 0 saturated heterocycles. The molecule has 6 nitrogen and oxygen atoms in total. The first-order chi connectivity index (χ1) is 10.1. The maximum atomic E-state index is 14.0. The Labute approximate surface area is 121 Å². The fraction of sp³-hybridized carbons (Fsp3) is 0.357. The smallest absolute Gasteiger partial charge is 0.222 e. The van der Waals surface area contributed by atoms with Crippen molar-refractivity contribution in [3.8, 4) is 0 Å². The number of hydrogen-bond acceptors (Lipinski definition) is 6. The summed E-state index contributed by atoms with van der Waals surface area (Å²) in [5.74, 6) is -0.572. The predicted molar refractivity (Wildman–Crippen MR) is 79.0 cm³/mol. The van der Waals surface area contributed by atoms with Crippen molar-refractivity contribution in [3.05, 3.63) is 24.0 Å². The van der Waals surface area contributed by atoms with Gasteiger partial charge < -0.3 is 15.9 Å². The van der Waals surface area contributed by atoms with Gasteiger partial charge in [-0.05, 0) is 18.6 Å². The predicted octanol–water partition coefficient (Wildman–Crippen LogP) is 1.58. The highest BCUT2D eigenvalue weighted by molar-refractivity contribution is 5.96. The average Bonchev–Trinajstić information content (AvgIpc) is 2.44. The van der Waals surface area contributed by atoms with Gasteiger partial charge in [0, 0.05) is 0 Å². The third-order valence-corrected chi connectivity index (χ3v) is 3.03. The Morgan fingerprint density at radius 3 is 2.86 bits per heavy atom. The minimum Gasteiger partial charge on any atom is -0.390 e. The minimum atomic E-state index is -0.905. The first-order valence-electron chi connectivity index (χ1n) is 6.65. The van der Waals surface area contributed by atoms with E-state index in [1.807, 2.05) is 6.92 Å². The normalized spacial score (nSPS) is 13.6. The van der Waals surface area contributed by atoms with Crippen molar-refractivity contribution in [1.29, 1.82) is 0 Å². The second-order valence-corrected chi connectivity index (χ2v) is 4.61. The summed E-state index contributed by atoms with van der Waals surface area (Å²) in [6.45, 7) is 1.46. The molecule has 0 saturated carbocycles. The third-order valence-electron chi connectivity index (χ3n) is 3.03. The number of anilines is 1. The van der Waals surface area contributed by atoms with Crippen LogP contribution in [0.5, 0.6) is 0 Å². The molecule has 0 amide bonds. The highest BCUT2D eigenvalue weighted by Crippen LogP contribution is 2.26. The molecule has 0 aliphatic carbocycles. The molecule has 4 N–H and O–H groups in total. The summed E-state index contributed by atoms with van der Waals surface area (Å²) in [4.78, 5) is 11.9. The summed E-state index contributed by atoms with van der Waals surface area (Å²) in [7, 11) is 0. The fourth-order valence-electron chi connectivity index (χ4n) is 2.01. The summed E-state index contributed by atoms with van der Waals surface area (Å²) in [6.07, 6.45) is 0.264. The van der Waals surface area contributed by atoms with Crippen LogP contribution >= 0.6 is 0 Å². The number of fused-ring (bicyclic) bond motifs is 1. The van der Waals surface area contributed by atoms with E-state index in [0.717, 1.165) is 6.42 Å². The van der Waals surface area contributed by atoms with Gasteiger partial charge in [0.15, 0.2) is 5.82 Å². The number of rotatable bonds is 5. The lowest BCUT2D eigenvalue weighted by Crippen LogP contribution is -2.23. The Balaban J connectivity index is 2.59. The Morgan fingerprint density at radius 1 is 1.43 bits per heavy atom. The maximum absolute atomic E-state index is 14.0. The van der Waals surface area contributed by atoms with Crippen LogP contribution in [-0.4, -0.2) is 38.6 Å². The van der Waals surface area contributed by atoms with Gasteiger partial charge in [-0.2, -0.15) is 4.98 Å². The van der Waals surface area contributed by atoms with Crippen molar-refractivity contribution in [2.75, 3.05) is 12.3 Å². The lowest BCUT2D eigenvalue weighted by molar-refractivity contribution is 0.218. The summed E-state index contributed by atoms with van der Waals surface area (Å²) < 4.78 is 14.0. The van der Waals surface area contributed by atoms with E-state index in [4.69, 9.17) is 5.73 Å². The maximum Gasteiger partial charge on any atom is 0.222 e. The van der Waals surface area contributed by atoms with E-state index in [-0.39, 0.29) is 22.9 Å². The zero-order chi connectivity index (χ0) is 15.4. The molecule has 0 bridgehead atoms. The molecule has 7 heteroatoms. The van der Waals surface area contributed by atoms with E-state index < -0.39 is 18.5 Å². The molecule has 0 radical (unpaired) electrons. The molecule has 1 heterocycles. The van der Waals surface area contributed by atoms with Crippen molar-refractivity contribution < 1.29 is 14.6 Å². The number of nitrogen functional groups attached to an aromatic ring is 1. The molecule has 112 valence electrons. The molecule has 2 aromatic rings. The van der Waals surface area contributed by atoms with Gasteiger partial charge in [0.05, 0.1) is 29.3 Å². The molecule has 0 spiro atoms. The second kappa shape index (κ2) is 6.55. The van der Waals surface area contributed by atoms with Gasteiger partial charge in [0.25, 0.3) is 0 Å². The first-order valence-corrected chi connectivity index (χ1v) is 6.65. The molecular weight excluding hydrogens is 275 g/mol. The van der Waals surface area contributed by atoms with Gasteiger partial charge in [0.1, 0.15) is 5.82 Å². The number of benzene rings is 1. The van der Waals surface area contributed by atoms with Gasteiger partial charge in [-0.1, -0.05) is 19.4 Å². The molecule has 1 aromatic heterocycles. The molecular formula is C14H17FN4O2. The summed E-state index contributed by atoms with van der Waals surface area (Å²) >= 11 is 0. The summed E-state index contributed by atoms with van der Waals surface area (Å²) in [5, 5.41) is 19.4. The van der Waals surface area contributed by atoms with E-state index in [2.05, 4.69) is 15.0 Å². The molecule has 2 rings (SSSR count). The van der Waals surface area contributed by atoms with Crippen LogP contribution in [0.25, 0.3) is 10.9 Å². The number of aliphatic imine (C=N–C) groups is 1. The van der Waals surface area contributed by atoms with E-state index in [1.54, 1.807) is 6.07 Å². The van der Waals surface area contributed by atoms with Gasteiger partial charge in [-0.15, -0.1) is 0 Å². The molecule has 0 unspecified atom stereocenters. The topological polar surface area (TPSA) is 105 Å². The van der Waals surface area contributed by atoms with Crippen molar-refractivity contribution in [2.24, 2.45) is 4.99 Å². The van der Waals surface area contributed by atoms with Crippen molar-refractivity contribution >= 4 is 28.4 Å². The molecule has 0 aliphatic heterocycles. The average molecular weight is 292 g/mol. The Hall–Kier alpha value is -2.12. The zero-order valence-electron chi connectivity index (χ0n) is 11.6. The standard InChI is InChI=1S/C14H17FN4O2/c1-2-4-11(21)10(7-20)17-13-12-8(15)5-3-6-9(12)18-14(16)19-13/h3,5-6,11,20-21H,2,4,7H2,1H3,(H2,16,18,19)/b17-10-/t11-/m1/s1. The molecule has 1 aromatic carbocycles. The number of aliphatic hydroxyl groups excluding tert-OH is 2. The molecule has 21 heavy (non-hydrogen) atoms. The number of aliphatic hydroxyl groups is 2. The largest absolute Gasteiger partial charge is 0.390 e. The molecule has 0 fully saturated rings. The summed E-state index contributed by atoms with van der Waals surface area (Å²) in [5.41, 5.74) is 6.04. The van der Waals surface area contributed by atoms with Crippen LogP contribution in [0.2, 0.25) is 0 Å². The van der Waals surface area contributed by atoms with Crippen LogP contribution in [-0.2, 0) is 0 Å². The number of aromatic nitrogens is 2. The van der Waals surface area contributed by atoms with Crippen LogP contribution in [0.4, 0.5) is 16.2 Å². The number of halogens is 1. The Morgan fingerprint density at radius 2 is 2.19 bits per heavy atom. The van der Waals surface area contributed by atoms with Crippen molar-refractivity contribution in [1.82, 2.24) is 9.97 Å². The van der Waals surface area contributed by atoms with E-state index in [9.17, 15) is 14.6 Å². The highest BCUT2D eigenvalue weighted by Gasteiger charge is 2.15. The zero-order valence-corrected chi connectivity index (χ0v) is 11.6. The SMILES string of the molecule is CCC[C@@H](O)/C(CO)=N\c1nc(N)nc2cccc(F)c12. The number of hydrogen-bond donors (Lipinski definition) is 3. The van der Waals surface area contributed by atoms with Gasteiger partial charge in [-0.25, -0.2) is 14.4 Å². The van der Waals surface area contributed by atoms with E-state index in [0.29, 0.717) is 11.9 Å². The number of nitrogens with zero attached hydrogens (tertiary/aromatic N) is 3. The lowest BCUT2D eigenvalue weighted by atomic mass is 10.1. The second-order valence-electron chi connectivity index (χ2n) is 4.61. The Kier molecular flexibility index (Phi) is 4.77. The third kappa shape index (κ3) is 3.32. The first kappa shape index (κ1) is 15.3. The summed E-state index contributed by atoms with van der Waals surface area (Å²) in [6, 6.07) is 4.37. The number of nitrogens with two attached hydrogens (primary N) is 1. The monoisotopic (exact) mass is 292 g/mol. The van der Waals surface area contributed by atoms with Crippen LogP contribution < -0.4 is 5.73 Å². The van der Waals surface area contributed by atoms with Crippen LogP contribution in [0.15, 0.2) is 23.2 Å². The van der Waals surface area contributed by atoms with Crippen LogP contribution in [0, 0.1) is 5.82 Å². The van der Waals surface area contributed by atoms with Crippen molar-refractivity contribution in [2.45, 2.75) is 25.9 Å². The van der Waals surface area contributed by atoms with E-state index >= 15 is 0 Å². The highest BCUT2D eigenvalue weighted by atomic mass is 19.1. The van der Waals surface area contributed by atoms with Gasteiger partial charge >= 0.3 is 0 Å². The fourth-order valence-corrected chi connectivity index (χ4v) is 2.01. The van der Waals surface area contributed by atoms with Crippen LogP contribution in [0.3, 0.4) is 0 Å². The van der Waals surface area contributed by atoms with Crippen molar-refractivity contribution in [3.63, 3.8) is 0 Å². The quantitative estimate of drug-likeness (QED) is 0.726. The van der Waals surface area contributed by atoms with Crippen LogP contribution in [0.1, 0.15) is 19.8 Å². The Bertz CT molecular complexity index is 675. The lowest BCUT2D eigenvalue weighted by Gasteiger charge is -2.11. The molecule has 1 atom stereocenters.